The summed E-state index contributed by atoms with van der Waals surface area (Å²) in [5.74, 6) is 0.578. The van der Waals surface area contributed by atoms with Gasteiger partial charge in [0.15, 0.2) is 0 Å². The van der Waals surface area contributed by atoms with Crippen molar-refractivity contribution in [2.45, 2.75) is 44.4 Å². The zero-order chi connectivity index (χ0) is 19.7. The Morgan fingerprint density at radius 3 is 1.67 bits per heavy atom. The predicted octanol–water partition coefficient (Wildman–Crippen LogP) is 6.78. The van der Waals surface area contributed by atoms with Gasteiger partial charge in [-0.05, 0) is 16.7 Å². The summed E-state index contributed by atoms with van der Waals surface area (Å²) < 4.78 is 0. The first-order valence-corrected chi connectivity index (χ1v) is 9.86. The van der Waals surface area contributed by atoms with Crippen molar-refractivity contribution >= 4 is 11.6 Å². The molecule has 0 amide bonds. The lowest BCUT2D eigenvalue weighted by atomic mass is 9.72. The summed E-state index contributed by atoms with van der Waals surface area (Å²) in [6.45, 7) is 8.72. The lowest BCUT2D eigenvalue weighted by molar-refractivity contribution is 0.447. The Morgan fingerprint density at radius 2 is 1.19 bits per heavy atom. The molecule has 0 aliphatic heterocycles. The summed E-state index contributed by atoms with van der Waals surface area (Å²) >= 11 is 6.21. The molecule has 0 heterocycles. The lowest BCUT2D eigenvalue weighted by Gasteiger charge is -2.32. The van der Waals surface area contributed by atoms with E-state index < -0.39 is 0 Å². The fourth-order valence-corrected chi connectivity index (χ4v) is 3.87. The first-order chi connectivity index (χ1) is 12.8. The Bertz CT molecular complexity index is 912. The quantitative estimate of drug-likeness (QED) is 0.485. The van der Waals surface area contributed by atoms with Crippen molar-refractivity contribution in [2.24, 2.45) is 0 Å². The van der Waals surface area contributed by atoms with Gasteiger partial charge in [0.2, 0.25) is 0 Å². The number of hydrogen-bond donors (Lipinski definition) is 1. The Labute approximate surface area is 167 Å². The molecule has 3 rings (SSSR count). The molecule has 27 heavy (non-hydrogen) atoms. The minimum atomic E-state index is -0.338. The van der Waals surface area contributed by atoms with Crippen LogP contribution in [-0.4, -0.2) is 5.11 Å². The predicted molar refractivity (Wildman–Crippen MR) is 115 cm³/mol. The van der Waals surface area contributed by atoms with E-state index in [2.05, 4.69) is 70.2 Å². The van der Waals surface area contributed by atoms with Crippen LogP contribution in [0.3, 0.4) is 0 Å². The molecule has 0 aliphatic rings. The van der Waals surface area contributed by atoms with E-state index in [-0.39, 0.29) is 16.7 Å². The average Bonchev–Trinajstić information content (AvgIpc) is 2.69. The lowest BCUT2D eigenvalue weighted by Crippen LogP contribution is -2.23. The summed E-state index contributed by atoms with van der Waals surface area (Å²) in [6, 6.07) is 24.9. The molecular weight excluding hydrogens is 352 g/mol. The number of benzene rings is 3. The Hall–Kier alpha value is -2.25. The van der Waals surface area contributed by atoms with E-state index in [9.17, 15) is 5.11 Å². The van der Waals surface area contributed by atoms with Crippen molar-refractivity contribution in [3.63, 3.8) is 0 Å². The maximum absolute atomic E-state index is 11.0. The Morgan fingerprint density at radius 1 is 0.704 bits per heavy atom. The maximum Gasteiger partial charge on any atom is 0.124 e. The van der Waals surface area contributed by atoms with Crippen LogP contribution in [0.2, 0.25) is 0 Å². The van der Waals surface area contributed by atoms with E-state index in [1.54, 1.807) is 0 Å². The van der Waals surface area contributed by atoms with Crippen molar-refractivity contribution in [2.75, 3.05) is 0 Å². The number of halogens is 1. The highest BCUT2D eigenvalue weighted by Crippen LogP contribution is 2.43. The molecule has 2 heteroatoms. The van der Waals surface area contributed by atoms with Crippen molar-refractivity contribution < 1.29 is 5.11 Å². The monoisotopic (exact) mass is 378 g/mol. The van der Waals surface area contributed by atoms with Crippen molar-refractivity contribution in [3.8, 4) is 5.75 Å². The summed E-state index contributed by atoms with van der Waals surface area (Å²) in [5.41, 5.74) is 4.70. The van der Waals surface area contributed by atoms with E-state index in [1.807, 2.05) is 30.3 Å². The highest BCUT2D eigenvalue weighted by Gasteiger charge is 2.31. The zero-order valence-corrected chi connectivity index (χ0v) is 17.2. The van der Waals surface area contributed by atoms with Crippen molar-refractivity contribution in [1.82, 2.24) is 0 Å². The molecule has 0 spiro atoms. The van der Waals surface area contributed by atoms with Gasteiger partial charge in [0.1, 0.15) is 5.75 Å². The normalized spacial score (nSPS) is 12.2. The minimum Gasteiger partial charge on any atom is -0.507 e. The van der Waals surface area contributed by atoms with Crippen LogP contribution in [0.5, 0.6) is 5.75 Å². The Kier molecular flexibility index (Phi) is 5.35. The smallest absolute Gasteiger partial charge is 0.124 e. The van der Waals surface area contributed by atoms with E-state index in [0.29, 0.717) is 5.75 Å². The Balaban J connectivity index is 2.21. The molecule has 0 saturated carbocycles. The molecule has 0 saturated heterocycles. The molecule has 1 N–H and O–H groups in total. The summed E-state index contributed by atoms with van der Waals surface area (Å²) in [6.07, 6.45) is 0. The first kappa shape index (κ1) is 19.5. The third-order valence-corrected chi connectivity index (χ3v) is 6.01. The zero-order valence-electron chi connectivity index (χ0n) is 16.5. The van der Waals surface area contributed by atoms with Crippen LogP contribution in [-0.2, 0) is 16.7 Å². The van der Waals surface area contributed by atoms with Crippen LogP contribution < -0.4 is 0 Å². The van der Waals surface area contributed by atoms with Gasteiger partial charge < -0.3 is 5.11 Å². The topological polar surface area (TPSA) is 20.2 Å². The largest absolute Gasteiger partial charge is 0.507 e. The van der Waals surface area contributed by atoms with E-state index in [1.165, 1.54) is 5.56 Å². The van der Waals surface area contributed by atoms with Crippen LogP contribution in [0.15, 0.2) is 72.8 Å². The number of alkyl halides is 1. The van der Waals surface area contributed by atoms with Gasteiger partial charge in [-0.3, -0.25) is 0 Å². The molecule has 0 unspecified atom stereocenters. The SMILES string of the molecule is CC(C)(c1ccccc1)c1cc(CCl)c(O)c(C(C)(C)c2ccccc2)c1. The van der Waals surface area contributed by atoms with Crippen LogP contribution in [0.25, 0.3) is 0 Å². The maximum atomic E-state index is 11.0. The van der Waals surface area contributed by atoms with Crippen LogP contribution in [0.4, 0.5) is 0 Å². The minimum absolute atomic E-state index is 0.197. The third kappa shape index (κ3) is 3.61. The number of hydrogen-bond acceptors (Lipinski definition) is 1. The highest BCUT2D eigenvalue weighted by atomic mass is 35.5. The summed E-state index contributed by atoms with van der Waals surface area (Å²) in [7, 11) is 0. The van der Waals surface area contributed by atoms with Gasteiger partial charge in [0.05, 0.1) is 5.88 Å². The van der Waals surface area contributed by atoms with Gasteiger partial charge in [0.25, 0.3) is 0 Å². The molecule has 1 nitrogen and oxygen atoms in total. The van der Waals surface area contributed by atoms with E-state index in [4.69, 9.17) is 11.6 Å². The molecular formula is C25H27ClO. The van der Waals surface area contributed by atoms with Gasteiger partial charge in [-0.15, -0.1) is 11.6 Å². The summed E-state index contributed by atoms with van der Waals surface area (Å²) in [4.78, 5) is 0. The third-order valence-electron chi connectivity index (χ3n) is 5.72. The van der Waals surface area contributed by atoms with Gasteiger partial charge in [-0.25, -0.2) is 0 Å². The number of phenols is 1. The molecule has 3 aromatic rings. The summed E-state index contributed by atoms with van der Waals surface area (Å²) in [5, 5.41) is 11.0. The number of aromatic hydroxyl groups is 1. The van der Waals surface area contributed by atoms with Crippen molar-refractivity contribution in [3.05, 3.63) is 101 Å². The van der Waals surface area contributed by atoms with Gasteiger partial charge in [-0.2, -0.15) is 0 Å². The molecule has 0 radical (unpaired) electrons. The van der Waals surface area contributed by atoms with E-state index in [0.717, 1.165) is 22.3 Å². The van der Waals surface area contributed by atoms with Crippen LogP contribution in [0.1, 0.15) is 55.5 Å². The molecule has 3 aromatic carbocycles. The van der Waals surface area contributed by atoms with Crippen LogP contribution >= 0.6 is 11.6 Å². The molecule has 0 atom stereocenters. The second-order valence-electron chi connectivity index (χ2n) is 8.15. The first-order valence-electron chi connectivity index (χ1n) is 9.32. The van der Waals surface area contributed by atoms with Gasteiger partial charge in [-0.1, -0.05) is 100 Å². The van der Waals surface area contributed by atoms with Gasteiger partial charge in [0, 0.05) is 22.0 Å². The fraction of sp³-hybridized carbons (Fsp3) is 0.280. The van der Waals surface area contributed by atoms with E-state index >= 15 is 0 Å². The second kappa shape index (κ2) is 7.40. The number of rotatable bonds is 5. The standard InChI is InChI=1S/C25H27ClO/c1-24(2,19-11-7-5-8-12-19)21-15-18(17-26)23(27)22(16-21)25(3,4)20-13-9-6-10-14-20/h5-16,27H,17H2,1-4H3. The highest BCUT2D eigenvalue weighted by molar-refractivity contribution is 6.17. The molecule has 0 aromatic heterocycles. The molecule has 0 bridgehead atoms. The average molecular weight is 379 g/mol. The van der Waals surface area contributed by atoms with Crippen molar-refractivity contribution in [1.29, 1.82) is 0 Å². The number of phenolic OH excluding ortho intramolecular Hbond substituents is 1. The molecule has 140 valence electrons. The van der Waals surface area contributed by atoms with Gasteiger partial charge >= 0.3 is 0 Å². The molecule has 0 fully saturated rings. The second-order valence-corrected chi connectivity index (χ2v) is 8.41. The molecule has 0 aliphatic carbocycles. The van der Waals surface area contributed by atoms with Crippen LogP contribution in [0, 0.1) is 0 Å². The fourth-order valence-electron chi connectivity index (χ4n) is 3.67.